The summed E-state index contributed by atoms with van der Waals surface area (Å²) in [5.41, 5.74) is 0.284. The van der Waals surface area contributed by atoms with Crippen molar-refractivity contribution in [3.8, 4) is 0 Å². The topological polar surface area (TPSA) is 84.0 Å². The lowest BCUT2D eigenvalue weighted by Gasteiger charge is -2.24. The number of carbonyl (C=O) groups excluding carboxylic acids is 1. The van der Waals surface area contributed by atoms with Crippen molar-refractivity contribution in [3.05, 3.63) is 12.4 Å². The van der Waals surface area contributed by atoms with Crippen LogP contribution in [0.15, 0.2) is 6.33 Å². The summed E-state index contributed by atoms with van der Waals surface area (Å²) in [6.07, 6.45) is 1.29. The number of nitrogens with zero attached hydrogens (tertiary/aromatic N) is 4. The van der Waals surface area contributed by atoms with Gasteiger partial charge in [0.1, 0.15) is 11.1 Å². The average Bonchev–Trinajstić information content (AvgIpc) is 2.93. The lowest BCUT2D eigenvalue weighted by Crippen LogP contribution is -2.35. The number of hydrogen-bond acceptors (Lipinski definition) is 6. The first-order valence-corrected chi connectivity index (χ1v) is 6.28. The highest BCUT2D eigenvalue weighted by molar-refractivity contribution is 5.83. The van der Waals surface area contributed by atoms with E-state index >= 15 is 0 Å². The minimum Gasteiger partial charge on any atom is -0.458 e. The van der Waals surface area contributed by atoms with Crippen molar-refractivity contribution in [2.45, 2.75) is 25.9 Å². The summed E-state index contributed by atoms with van der Waals surface area (Å²) in [6, 6.07) is 0. The van der Waals surface area contributed by atoms with E-state index in [0.29, 0.717) is 30.8 Å². The van der Waals surface area contributed by atoms with Gasteiger partial charge in [0.15, 0.2) is 11.5 Å². The molecule has 8 heteroatoms. The molecule has 0 aliphatic carbocycles. The highest BCUT2D eigenvalue weighted by Gasteiger charge is 2.38. The summed E-state index contributed by atoms with van der Waals surface area (Å²) in [6.45, 7) is 4.31. The quantitative estimate of drug-likeness (QED) is 0.652. The summed E-state index contributed by atoms with van der Waals surface area (Å²) in [5.74, 6) is 0.121. The average molecular weight is 279 g/mol. The van der Waals surface area contributed by atoms with E-state index in [4.69, 9.17) is 4.74 Å². The van der Waals surface area contributed by atoms with Crippen LogP contribution in [0.3, 0.4) is 0 Å². The number of hydrogen-bond donors (Lipinski definition) is 1. The van der Waals surface area contributed by atoms with Gasteiger partial charge in [0.25, 0.3) is 0 Å². The molecule has 0 amide bonds. The minimum atomic E-state index is -0.819. The van der Waals surface area contributed by atoms with Crippen LogP contribution in [0.1, 0.15) is 20.3 Å². The van der Waals surface area contributed by atoms with E-state index in [0.717, 1.165) is 0 Å². The number of aromatic nitrogens is 4. The van der Waals surface area contributed by atoms with Gasteiger partial charge in [0.05, 0.1) is 12.9 Å². The van der Waals surface area contributed by atoms with Crippen LogP contribution < -0.4 is 4.90 Å². The van der Waals surface area contributed by atoms with E-state index in [9.17, 15) is 9.18 Å². The highest BCUT2D eigenvalue weighted by Crippen LogP contribution is 2.31. The molecule has 1 aliphatic heterocycles. The third-order valence-electron chi connectivity index (χ3n) is 3.36. The molecule has 3 rings (SSSR count). The standard InChI is InChI=1S/C12H14FN5O2/c1-7(19)20-12(2)3-4-18(5-12)10-8-9(15-6-14-8)16-11(13)17-10/h6H,3-5H2,1-2H3,(H,14,15,16,17). The second-order valence-corrected chi connectivity index (χ2v) is 5.13. The number of halogens is 1. The van der Waals surface area contributed by atoms with Crippen molar-refractivity contribution in [1.29, 1.82) is 0 Å². The van der Waals surface area contributed by atoms with Crippen molar-refractivity contribution >= 4 is 23.0 Å². The van der Waals surface area contributed by atoms with Gasteiger partial charge in [-0.3, -0.25) is 4.79 Å². The Morgan fingerprint density at radius 1 is 1.55 bits per heavy atom. The Kier molecular flexibility index (Phi) is 2.81. The van der Waals surface area contributed by atoms with Crippen molar-refractivity contribution in [2.75, 3.05) is 18.0 Å². The molecular weight excluding hydrogens is 265 g/mol. The van der Waals surface area contributed by atoms with Gasteiger partial charge in [0.2, 0.25) is 0 Å². The number of nitrogens with one attached hydrogen (secondary N) is 1. The summed E-state index contributed by atoms with van der Waals surface area (Å²) in [7, 11) is 0. The Hall–Kier alpha value is -2.25. The maximum atomic E-state index is 13.4. The van der Waals surface area contributed by atoms with Crippen LogP contribution in [-0.4, -0.2) is 44.6 Å². The Morgan fingerprint density at radius 3 is 3.10 bits per heavy atom. The number of rotatable bonds is 2. The molecule has 0 aromatic carbocycles. The van der Waals surface area contributed by atoms with Crippen LogP contribution in [0.2, 0.25) is 0 Å². The zero-order chi connectivity index (χ0) is 14.3. The molecule has 0 bridgehead atoms. The molecule has 7 nitrogen and oxygen atoms in total. The number of ether oxygens (including phenoxy) is 1. The van der Waals surface area contributed by atoms with E-state index in [1.165, 1.54) is 13.3 Å². The first-order valence-electron chi connectivity index (χ1n) is 6.28. The third kappa shape index (κ3) is 2.17. The zero-order valence-corrected chi connectivity index (χ0v) is 11.2. The van der Waals surface area contributed by atoms with Crippen LogP contribution in [0.5, 0.6) is 0 Å². The number of fused-ring (bicyclic) bond motifs is 1. The molecule has 0 radical (unpaired) electrons. The predicted molar refractivity (Wildman–Crippen MR) is 68.6 cm³/mol. The Balaban J connectivity index is 1.93. The van der Waals surface area contributed by atoms with Gasteiger partial charge in [0, 0.05) is 19.9 Å². The van der Waals surface area contributed by atoms with Gasteiger partial charge in [-0.25, -0.2) is 4.98 Å². The fourth-order valence-corrected chi connectivity index (χ4v) is 2.57. The van der Waals surface area contributed by atoms with E-state index in [-0.39, 0.29) is 11.6 Å². The van der Waals surface area contributed by atoms with E-state index in [1.54, 1.807) is 0 Å². The molecular formula is C12H14FN5O2. The Morgan fingerprint density at radius 2 is 2.35 bits per heavy atom. The van der Waals surface area contributed by atoms with Crippen LogP contribution in [0, 0.1) is 6.08 Å². The molecule has 1 unspecified atom stereocenters. The summed E-state index contributed by atoms with van der Waals surface area (Å²) in [4.78, 5) is 27.3. The van der Waals surface area contributed by atoms with E-state index in [1.807, 2.05) is 11.8 Å². The van der Waals surface area contributed by atoms with Crippen molar-refractivity contribution in [1.82, 2.24) is 19.9 Å². The lowest BCUT2D eigenvalue weighted by atomic mass is 10.1. The first kappa shape index (κ1) is 12.8. The molecule has 20 heavy (non-hydrogen) atoms. The maximum absolute atomic E-state index is 13.4. The fraction of sp³-hybridized carbons (Fsp3) is 0.500. The van der Waals surface area contributed by atoms with Crippen LogP contribution in [0.4, 0.5) is 10.2 Å². The highest BCUT2D eigenvalue weighted by atomic mass is 19.1. The molecule has 1 atom stereocenters. The van der Waals surface area contributed by atoms with Crippen LogP contribution >= 0.6 is 0 Å². The molecule has 1 fully saturated rings. The summed E-state index contributed by atoms with van der Waals surface area (Å²) >= 11 is 0. The van der Waals surface area contributed by atoms with Crippen molar-refractivity contribution in [2.24, 2.45) is 0 Å². The third-order valence-corrected chi connectivity index (χ3v) is 3.36. The van der Waals surface area contributed by atoms with Gasteiger partial charge in [-0.15, -0.1) is 0 Å². The smallest absolute Gasteiger partial charge is 0.312 e. The monoisotopic (exact) mass is 279 g/mol. The number of imidazole rings is 1. The van der Waals surface area contributed by atoms with Gasteiger partial charge in [-0.05, 0) is 6.92 Å². The number of H-pyrrole nitrogens is 1. The van der Waals surface area contributed by atoms with Crippen LogP contribution in [-0.2, 0) is 9.53 Å². The summed E-state index contributed by atoms with van der Waals surface area (Å²) in [5, 5.41) is 0. The molecule has 3 heterocycles. The molecule has 106 valence electrons. The molecule has 0 spiro atoms. The van der Waals surface area contributed by atoms with Gasteiger partial charge in [-0.1, -0.05) is 0 Å². The summed E-state index contributed by atoms with van der Waals surface area (Å²) < 4.78 is 18.8. The maximum Gasteiger partial charge on any atom is 0.312 e. The Bertz CT molecular complexity index is 673. The van der Waals surface area contributed by atoms with Crippen LogP contribution in [0.25, 0.3) is 11.2 Å². The van der Waals surface area contributed by atoms with Crippen molar-refractivity contribution in [3.63, 3.8) is 0 Å². The molecule has 2 aromatic rings. The number of aromatic amines is 1. The zero-order valence-electron chi connectivity index (χ0n) is 11.2. The van der Waals surface area contributed by atoms with Gasteiger partial charge in [-0.2, -0.15) is 14.4 Å². The predicted octanol–water partition coefficient (Wildman–Crippen LogP) is 1.02. The second-order valence-electron chi connectivity index (χ2n) is 5.13. The lowest BCUT2D eigenvalue weighted by molar-refractivity contribution is -0.153. The van der Waals surface area contributed by atoms with Gasteiger partial charge >= 0.3 is 12.0 Å². The SMILES string of the molecule is CC(=O)OC1(C)CCN(c2nc(F)nc3nc[nH]c23)C1. The fourth-order valence-electron chi connectivity index (χ4n) is 2.57. The second kappa shape index (κ2) is 4.39. The molecule has 1 saturated heterocycles. The molecule has 1 aliphatic rings. The first-order chi connectivity index (χ1) is 9.47. The Labute approximate surface area is 114 Å². The largest absolute Gasteiger partial charge is 0.458 e. The van der Waals surface area contributed by atoms with E-state index < -0.39 is 11.7 Å². The number of esters is 1. The molecule has 2 aromatic heterocycles. The number of carbonyl (C=O) groups is 1. The number of anilines is 1. The van der Waals surface area contributed by atoms with E-state index in [2.05, 4.69) is 19.9 Å². The molecule has 1 N–H and O–H groups in total. The van der Waals surface area contributed by atoms with Gasteiger partial charge < -0.3 is 14.6 Å². The minimum absolute atomic E-state index is 0.286. The van der Waals surface area contributed by atoms with Crippen molar-refractivity contribution < 1.29 is 13.9 Å². The molecule has 0 saturated carbocycles. The normalized spacial score (nSPS) is 22.4.